The molecule has 4 N–H and O–H groups in total. The summed E-state index contributed by atoms with van der Waals surface area (Å²) in [4.78, 5) is 0. The van der Waals surface area contributed by atoms with E-state index in [0.29, 0.717) is 0 Å². The van der Waals surface area contributed by atoms with E-state index >= 15 is 0 Å². The number of hydrogen-bond acceptors (Lipinski definition) is 2. The second-order valence-corrected chi connectivity index (χ2v) is 13.2. The van der Waals surface area contributed by atoms with Crippen molar-refractivity contribution in [1.82, 2.24) is 0 Å². The first-order chi connectivity index (χ1) is 22.0. The molecule has 0 amide bonds. The molecule has 0 radical (unpaired) electrons. The molecule has 0 spiro atoms. The van der Waals surface area contributed by atoms with E-state index in [1.807, 2.05) is 24.3 Å². The summed E-state index contributed by atoms with van der Waals surface area (Å²) in [5.74, 6) is 0. The fourth-order valence-corrected chi connectivity index (χ4v) is 6.58. The molecule has 2 nitrogen and oxygen atoms in total. The summed E-state index contributed by atoms with van der Waals surface area (Å²) in [6, 6.07) is 31.3. The third-order valence-corrected chi connectivity index (χ3v) is 9.31. The van der Waals surface area contributed by atoms with E-state index in [1.165, 1.54) is 106 Å². The van der Waals surface area contributed by atoms with Crippen LogP contribution in [-0.2, 0) is 38.5 Å². The Kier molecular flexibility index (Phi) is 14.6. The van der Waals surface area contributed by atoms with Crippen molar-refractivity contribution in [2.75, 3.05) is 11.5 Å². The van der Waals surface area contributed by atoms with E-state index < -0.39 is 0 Å². The molecule has 2 heteroatoms. The third kappa shape index (κ3) is 12.1. The van der Waals surface area contributed by atoms with Gasteiger partial charge in [0, 0.05) is 11.4 Å². The zero-order chi connectivity index (χ0) is 31.7. The predicted molar refractivity (Wildman–Crippen MR) is 197 cm³/mol. The number of hydrogen-bond donors (Lipinski definition) is 2. The Balaban J connectivity index is 1.44. The zero-order valence-electron chi connectivity index (χ0n) is 28.3. The molecule has 0 bridgehead atoms. The number of rotatable bonds is 20. The fourth-order valence-electron chi connectivity index (χ4n) is 6.58. The summed E-state index contributed by atoms with van der Waals surface area (Å²) >= 11 is 0. The molecule has 0 heterocycles. The zero-order valence-corrected chi connectivity index (χ0v) is 28.3. The van der Waals surface area contributed by atoms with Crippen LogP contribution in [0.4, 0.5) is 11.4 Å². The van der Waals surface area contributed by atoms with E-state index in [4.69, 9.17) is 11.5 Å². The molecule has 0 unspecified atom stereocenters. The third-order valence-electron chi connectivity index (χ3n) is 9.31. The molecule has 0 saturated heterocycles. The molecule has 0 aliphatic carbocycles. The van der Waals surface area contributed by atoms with E-state index in [1.54, 1.807) is 22.3 Å². The number of nitrogen functional groups attached to an aromatic ring is 2. The van der Waals surface area contributed by atoms with Crippen LogP contribution in [0.2, 0.25) is 0 Å². The Labute approximate surface area is 274 Å². The van der Waals surface area contributed by atoms with Crippen LogP contribution in [0.3, 0.4) is 0 Å². The van der Waals surface area contributed by atoms with Crippen molar-refractivity contribution in [1.29, 1.82) is 0 Å². The van der Waals surface area contributed by atoms with Gasteiger partial charge in [0.2, 0.25) is 0 Å². The van der Waals surface area contributed by atoms with Crippen molar-refractivity contribution in [2.24, 2.45) is 0 Å². The Hall–Kier alpha value is -3.52. The summed E-state index contributed by atoms with van der Waals surface area (Å²) in [6.45, 7) is 4.59. The lowest BCUT2D eigenvalue weighted by molar-refractivity contribution is 0.628. The first-order valence-corrected chi connectivity index (χ1v) is 17.9. The van der Waals surface area contributed by atoms with Crippen LogP contribution in [0, 0.1) is 0 Å². The standard InChI is InChI=1S/C43H58N2/c1-3-5-7-9-11-14-40-32-36(30-34-20-26-42(44)27-21-34)18-24-38(40)16-13-17-39-25-19-37(31-35-22-28-43(45)29-23-35)33-41(39)15-12-10-8-6-4-2/h18-29,32-33H,3-17,30-31,44-45H2,1-2H3. The van der Waals surface area contributed by atoms with E-state index in [2.05, 4.69) is 74.5 Å². The van der Waals surface area contributed by atoms with Gasteiger partial charge in [0.1, 0.15) is 0 Å². The highest BCUT2D eigenvalue weighted by atomic mass is 14.5. The van der Waals surface area contributed by atoms with Gasteiger partial charge in [-0.15, -0.1) is 0 Å². The molecule has 240 valence electrons. The number of unbranched alkanes of at least 4 members (excludes halogenated alkanes) is 8. The molecule has 0 aliphatic rings. The first-order valence-electron chi connectivity index (χ1n) is 17.9. The van der Waals surface area contributed by atoms with Crippen molar-refractivity contribution >= 4 is 11.4 Å². The molecule has 0 aliphatic heterocycles. The quantitative estimate of drug-likeness (QED) is 0.0781. The summed E-state index contributed by atoms with van der Waals surface area (Å²) in [5, 5.41) is 0. The van der Waals surface area contributed by atoms with Gasteiger partial charge in [-0.05, 0) is 127 Å². The lowest BCUT2D eigenvalue weighted by Crippen LogP contribution is -2.02. The van der Waals surface area contributed by atoms with Gasteiger partial charge in [0.05, 0.1) is 0 Å². The smallest absolute Gasteiger partial charge is 0.0314 e. The van der Waals surface area contributed by atoms with Crippen LogP contribution in [0.15, 0.2) is 84.9 Å². The molecule has 45 heavy (non-hydrogen) atoms. The van der Waals surface area contributed by atoms with Crippen molar-refractivity contribution in [3.05, 3.63) is 129 Å². The van der Waals surface area contributed by atoms with Crippen LogP contribution in [-0.4, -0.2) is 0 Å². The Morgan fingerprint density at radius 3 is 1.11 bits per heavy atom. The fraction of sp³-hybridized carbons (Fsp3) is 0.442. The van der Waals surface area contributed by atoms with Gasteiger partial charge in [-0.25, -0.2) is 0 Å². The minimum atomic E-state index is 0.831. The average Bonchev–Trinajstić information content (AvgIpc) is 3.05. The Morgan fingerprint density at radius 1 is 0.356 bits per heavy atom. The van der Waals surface area contributed by atoms with Crippen molar-refractivity contribution in [3.63, 3.8) is 0 Å². The minimum absolute atomic E-state index is 0.831. The van der Waals surface area contributed by atoms with Crippen LogP contribution < -0.4 is 11.5 Å². The number of nitrogens with two attached hydrogens (primary N) is 2. The largest absolute Gasteiger partial charge is 0.399 e. The Morgan fingerprint density at radius 2 is 0.711 bits per heavy atom. The van der Waals surface area contributed by atoms with Gasteiger partial charge in [0.15, 0.2) is 0 Å². The van der Waals surface area contributed by atoms with Gasteiger partial charge in [-0.2, -0.15) is 0 Å². The molecule has 4 aromatic rings. The van der Waals surface area contributed by atoms with Gasteiger partial charge in [-0.1, -0.05) is 126 Å². The first kappa shape index (κ1) is 34.4. The number of aryl methyl sites for hydroxylation is 4. The Bertz CT molecular complexity index is 1290. The number of benzene rings is 4. The van der Waals surface area contributed by atoms with Gasteiger partial charge in [-0.3, -0.25) is 0 Å². The highest BCUT2D eigenvalue weighted by Crippen LogP contribution is 2.24. The summed E-state index contributed by atoms with van der Waals surface area (Å²) in [5.41, 5.74) is 25.2. The highest BCUT2D eigenvalue weighted by Gasteiger charge is 2.10. The molecule has 4 aromatic carbocycles. The van der Waals surface area contributed by atoms with Crippen LogP contribution >= 0.6 is 0 Å². The predicted octanol–water partition coefficient (Wildman–Crippen LogP) is 11.2. The summed E-state index contributed by atoms with van der Waals surface area (Å²) < 4.78 is 0. The van der Waals surface area contributed by atoms with Gasteiger partial charge >= 0.3 is 0 Å². The van der Waals surface area contributed by atoms with Gasteiger partial charge in [0.25, 0.3) is 0 Å². The average molecular weight is 603 g/mol. The highest BCUT2D eigenvalue weighted by molar-refractivity contribution is 5.43. The maximum Gasteiger partial charge on any atom is 0.0314 e. The molecule has 4 rings (SSSR count). The molecule has 0 aromatic heterocycles. The lowest BCUT2D eigenvalue weighted by Gasteiger charge is -2.15. The summed E-state index contributed by atoms with van der Waals surface area (Å²) in [7, 11) is 0. The maximum absolute atomic E-state index is 5.93. The minimum Gasteiger partial charge on any atom is -0.399 e. The second kappa shape index (κ2) is 19.1. The van der Waals surface area contributed by atoms with Crippen LogP contribution in [0.5, 0.6) is 0 Å². The van der Waals surface area contributed by atoms with E-state index in [-0.39, 0.29) is 0 Å². The SMILES string of the molecule is CCCCCCCc1cc(Cc2ccc(N)cc2)ccc1CCCc1ccc(Cc2ccc(N)cc2)cc1CCCCCCC. The molecular weight excluding hydrogens is 544 g/mol. The summed E-state index contributed by atoms with van der Waals surface area (Å²) in [6.07, 6.45) is 21.1. The van der Waals surface area contributed by atoms with E-state index in [9.17, 15) is 0 Å². The topological polar surface area (TPSA) is 52.0 Å². The molecular formula is C43H58N2. The maximum atomic E-state index is 5.93. The second-order valence-electron chi connectivity index (χ2n) is 13.2. The number of anilines is 2. The lowest BCUT2D eigenvalue weighted by atomic mass is 9.90. The van der Waals surface area contributed by atoms with E-state index in [0.717, 1.165) is 37.1 Å². The van der Waals surface area contributed by atoms with Crippen molar-refractivity contribution < 1.29 is 0 Å². The van der Waals surface area contributed by atoms with Crippen LogP contribution in [0.1, 0.15) is 129 Å². The van der Waals surface area contributed by atoms with Crippen molar-refractivity contribution in [2.45, 2.75) is 123 Å². The van der Waals surface area contributed by atoms with Crippen molar-refractivity contribution in [3.8, 4) is 0 Å². The molecule has 0 atom stereocenters. The molecule has 0 saturated carbocycles. The van der Waals surface area contributed by atoms with Crippen LogP contribution in [0.25, 0.3) is 0 Å². The monoisotopic (exact) mass is 602 g/mol. The molecule has 0 fully saturated rings. The normalized spacial score (nSPS) is 11.2. The van der Waals surface area contributed by atoms with Gasteiger partial charge < -0.3 is 11.5 Å².